The van der Waals surface area contributed by atoms with Crippen LogP contribution in [-0.4, -0.2) is 49.8 Å². The number of esters is 1. The average molecular weight is 391 g/mol. The fraction of sp³-hybridized carbons (Fsp3) is 0.227. The molecule has 1 N–H and O–H groups in total. The maximum Gasteiger partial charge on any atom is 0.340 e. The third-order valence-corrected chi connectivity index (χ3v) is 4.69. The van der Waals surface area contributed by atoms with E-state index in [-0.39, 0.29) is 6.61 Å². The SMILES string of the molecule is O=C(COC(=O)c1ccc(N2CCOCC2)nc1)Nc1ccc2ccccc2c1. The Kier molecular flexibility index (Phi) is 5.67. The molecule has 7 heteroatoms. The summed E-state index contributed by atoms with van der Waals surface area (Å²) in [4.78, 5) is 30.7. The number of ether oxygens (including phenoxy) is 2. The van der Waals surface area contributed by atoms with Crippen LogP contribution in [0.1, 0.15) is 10.4 Å². The molecule has 0 spiro atoms. The summed E-state index contributed by atoms with van der Waals surface area (Å²) < 4.78 is 10.4. The molecule has 0 radical (unpaired) electrons. The van der Waals surface area contributed by atoms with Gasteiger partial charge in [-0.15, -0.1) is 0 Å². The zero-order valence-corrected chi connectivity index (χ0v) is 15.8. The van der Waals surface area contributed by atoms with E-state index in [0.717, 1.165) is 29.7 Å². The number of pyridine rings is 1. The Morgan fingerprint density at radius 1 is 1.03 bits per heavy atom. The lowest BCUT2D eigenvalue weighted by Gasteiger charge is -2.27. The van der Waals surface area contributed by atoms with E-state index in [0.29, 0.717) is 24.5 Å². The van der Waals surface area contributed by atoms with E-state index in [1.54, 1.807) is 12.1 Å². The fourth-order valence-corrected chi connectivity index (χ4v) is 3.16. The minimum atomic E-state index is -0.584. The van der Waals surface area contributed by atoms with Gasteiger partial charge >= 0.3 is 5.97 Å². The highest BCUT2D eigenvalue weighted by Gasteiger charge is 2.15. The Balaban J connectivity index is 1.30. The average Bonchev–Trinajstić information content (AvgIpc) is 2.78. The maximum atomic E-state index is 12.2. The van der Waals surface area contributed by atoms with Crippen molar-refractivity contribution in [2.45, 2.75) is 0 Å². The summed E-state index contributed by atoms with van der Waals surface area (Å²) in [6.45, 7) is 2.50. The minimum Gasteiger partial charge on any atom is -0.452 e. The molecule has 1 amide bonds. The van der Waals surface area contributed by atoms with Crippen molar-refractivity contribution in [2.75, 3.05) is 43.1 Å². The third kappa shape index (κ3) is 4.70. The summed E-state index contributed by atoms with van der Waals surface area (Å²) in [5, 5.41) is 4.85. The molecule has 1 aliphatic heterocycles. The Morgan fingerprint density at radius 2 is 1.83 bits per heavy atom. The number of fused-ring (bicyclic) bond motifs is 1. The van der Waals surface area contributed by atoms with Gasteiger partial charge in [0.05, 0.1) is 18.8 Å². The third-order valence-electron chi connectivity index (χ3n) is 4.69. The number of morpholine rings is 1. The number of benzene rings is 2. The van der Waals surface area contributed by atoms with Crippen molar-refractivity contribution in [2.24, 2.45) is 0 Å². The lowest BCUT2D eigenvalue weighted by Crippen LogP contribution is -2.36. The van der Waals surface area contributed by atoms with Crippen LogP contribution < -0.4 is 10.2 Å². The normalized spacial score (nSPS) is 13.9. The van der Waals surface area contributed by atoms with E-state index < -0.39 is 11.9 Å². The Bertz CT molecular complexity index is 1010. The van der Waals surface area contributed by atoms with E-state index in [9.17, 15) is 9.59 Å². The van der Waals surface area contributed by atoms with Crippen molar-refractivity contribution in [3.05, 3.63) is 66.4 Å². The largest absolute Gasteiger partial charge is 0.452 e. The van der Waals surface area contributed by atoms with Crippen LogP contribution in [0.3, 0.4) is 0 Å². The van der Waals surface area contributed by atoms with E-state index in [2.05, 4.69) is 15.2 Å². The van der Waals surface area contributed by atoms with Gasteiger partial charge in [-0.05, 0) is 35.0 Å². The summed E-state index contributed by atoms with van der Waals surface area (Å²) in [6.07, 6.45) is 1.47. The van der Waals surface area contributed by atoms with Gasteiger partial charge < -0.3 is 19.7 Å². The summed E-state index contributed by atoms with van der Waals surface area (Å²) >= 11 is 0. The number of rotatable bonds is 5. The maximum absolute atomic E-state index is 12.2. The van der Waals surface area contributed by atoms with Crippen LogP contribution in [0.5, 0.6) is 0 Å². The molecule has 1 aliphatic rings. The smallest absolute Gasteiger partial charge is 0.340 e. The summed E-state index contributed by atoms with van der Waals surface area (Å²) in [5.41, 5.74) is 0.960. The van der Waals surface area contributed by atoms with Gasteiger partial charge in [0.1, 0.15) is 5.82 Å². The Morgan fingerprint density at radius 3 is 2.59 bits per heavy atom. The molecule has 0 atom stereocenters. The highest BCUT2D eigenvalue weighted by molar-refractivity contribution is 5.97. The first-order valence-corrected chi connectivity index (χ1v) is 9.43. The predicted octanol–water partition coefficient (Wildman–Crippen LogP) is 2.87. The van der Waals surface area contributed by atoms with Crippen LogP contribution in [0.25, 0.3) is 10.8 Å². The molecule has 0 unspecified atom stereocenters. The standard InChI is InChI=1S/C22H21N3O4/c26-21(24-19-7-5-16-3-1-2-4-17(16)13-19)15-29-22(27)18-6-8-20(23-14-18)25-9-11-28-12-10-25/h1-8,13-14H,9-12,15H2,(H,24,26). The Hall–Kier alpha value is -3.45. The van der Waals surface area contributed by atoms with Crippen molar-refractivity contribution in [1.29, 1.82) is 0 Å². The first-order valence-electron chi connectivity index (χ1n) is 9.43. The second-order valence-corrected chi connectivity index (χ2v) is 6.69. The number of carbonyl (C=O) groups is 2. The van der Waals surface area contributed by atoms with Crippen LogP contribution in [-0.2, 0) is 14.3 Å². The van der Waals surface area contributed by atoms with Crippen molar-refractivity contribution in [3.8, 4) is 0 Å². The van der Waals surface area contributed by atoms with Crippen LogP contribution in [0.15, 0.2) is 60.8 Å². The number of amides is 1. The molecule has 1 aromatic heterocycles. The molecule has 0 bridgehead atoms. The fourth-order valence-electron chi connectivity index (χ4n) is 3.16. The predicted molar refractivity (Wildman–Crippen MR) is 110 cm³/mol. The number of aromatic nitrogens is 1. The highest BCUT2D eigenvalue weighted by Crippen LogP contribution is 2.19. The molecular formula is C22H21N3O4. The summed E-state index contributed by atoms with van der Waals surface area (Å²) in [5.74, 6) is -0.190. The zero-order valence-electron chi connectivity index (χ0n) is 15.8. The number of anilines is 2. The van der Waals surface area contributed by atoms with Crippen LogP contribution in [0.4, 0.5) is 11.5 Å². The first-order chi connectivity index (χ1) is 14.2. The quantitative estimate of drug-likeness (QED) is 0.674. The van der Waals surface area contributed by atoms with E-state index >= 15 is 0 Å². The molecule has 2 heterocycles. The molecular weight excluding hydrogens is 370 g/mol. The lowest BCUT2D eigenvalue weighted by molar-refractivity contribution is -0.119. The van der Waals surface area contributed by atoms with Gasteiger partial charge in [-0.2, -0.15) is 0 Å². The molecule has 0 saturated carbocycles. The molecule has 29 heavy (non-hydrogen) atoms. The second kappa shape index (κ2) is 8.70. The topological polar surface area (TPSA) is 80.8 Å². The van der Waals surface area contributed by atoms with Crippen LogP contribution in [0, 0.1) is 0 Å². The molecule has 4 rings (SSSR count). The lowest BCUT2D eigenvalue weighted by atomic mass is 10.1. The van der Waals surface area contributed by atoms with Gasteiger partial charge in [-0.1, -0.05) is 30.3 Å². The number of hydrogen-bond donors (Lipinski definition) is 1. The van der Waals surface area contributed by atoms with Crippen LogP contribution >= 0.6 is 0 Å². The van der Waals surface area contributed by atoms with Crippen molar-refractivity contribution >= 4 is 34.2 Å². The molecule has 2 aromatic carbocycles. The van der Waals surface area contributed by atoms with Gasteiger partial charge in [0.25, 0.3) is 5.91 Å². The molecule has 7 nitrogen and oxygen atoms in total. The zero-order chi connectivity index (χ0) is 20.1. The van der Waals surface area contributed by atoms with Gasteiger partial charge in [-0.25, -0.2) is 9.78 Å². The summed E-state index contributed by atoms with van der Waals surface area (Å²) in [6, 6.07) is 16.9. The van der Waals surface area contributed by atoms with Gasteiger partial charge in [0.2, 0.25) is 0 Å². The van der Waals surface area contributed by atoms with Gasteiger partial charge in [-0.3, -0.25) is 4.79 Å². The minimum absolute atomic E-state index is 0.306. The first kappa shape index (κ1) is 18.9. The Labute approximate surface area is 168 Å². The number of nitrogens with zero attached hydrogens (tertiary/aromatic N) is 2. The van der Waals surface area contributed by atoms with Gasteiger partial charge in [0, 0.05) is 25.0 Å². The van der Waals surface area contributed by atoms with E-state index in [1.807, 2.05) is 42.5 Å². The van der Waals surface area contributed by atoms with Gasteiger partial charge in [0.15, 0.2) is 6.61 Å². The number of hydrogen-bond acceptors (Lipinski definition) is 6. The van der Waals surface area contributed by atoms with Crippen LogP contribution in [0.2, 0.25) is 0 Å². The molecule has 0 aliphatic carbocycles. The molecule has 1 fully saturated rings. The number of nitrogens with one attached hydrogen (secondary N) is 1. The number of carbonyl (C=O) groups excluding carboxylic acids is 2. The second-order valence-electron chi connectivity index (χ2n) is 6.69. The highest BCUT2D eigenvalue weighted by atomic mass is 16.5. The monoisotopic (exact) mass is 391 g/mol. The van der Waals surface area contributed by atoms with Crippen molar-refractivity contribution < 1.29 is 19.1 Å². The van der Waals surface area contributed by atoms with E-state index in [1.165, 1.54) is 6.20 Å². The summed E-state index contributed by atoms with van der Waals surface area (Å²) in [7, 11) is 0. The molecule has 3 aromatic rings. The van der Waals surface area contributed by atoms with Crippen molar-refractivity contribution in [3.63, 3.8) is 0 Å². The molecule has 1 saturated heterocycles. The van der Waals surface area contributed by atoms with E-state index in [4.69, 9.17) is 9.47 Å². The molecule has 148 valence electrons. The van der Waals surface area contributed by atoms with Crippen molar-refractivity contribution in [1.82, 2.24) is 4.98 Å².